The Balaban J connectivity index is 2.50. The molecular formula is C12H11ClN4O3. The van der Waals surface area contributed by atoms with Crippen molar-refractivity contribution < 1.29 is 9.62 Å². The first-order chi connectivity index (χ1) is 9.52. The molecule has 0 atom stereocenters. The summed E-state index contributed by atoms with van der Waals surface area (Å²) >= 11 is 5.99. The van der Waals surface area contributed by atoms with Crippen LogP contribution in [0.5, 0.6) is 0 Å². The van der Waals surface area contributed by atoms with Gasteiger partial charge in [0.2, 0.25) is 11.4 Å². The Labute approximate surface area is 118 Å². The highest BCUT2D eigenvalue weighted by molar-refractivity contribution is 6.32. The molecule has 0 bridgehead atoms. The van der Waals surface area contributed by atoms with Crippen molar-refractivity contribution in [2.45, 2.75) is 6.92 Å². The van der Waals surface area contributed by atoms with Crippen LogP contribution in [0.1, 0.15) is 11.1 Å². The molecule has 1 aromatic carbocycles. The number of hydroxylamine groups is 1. The van der Waals surface area contributed by atoms with E-state index < -0.39 is 0 Å². The van der Waals surface area contributed by atoms with Crippen molar-refractivity contribution in [1.29, 1.82) is 0 Å². The highest BCUT2D eigenvalue weighted by atomic mass is 35.5. The maximum atomic E-state index is 12.2. The van der Waals surface area contributed by atoms with Crippen LogP contribution in [0.3, 0.4) is 0 Å². The number of hydrogen-bond donors (Lipinski definition) is 3. The van der Waals surface area contributed by atoms with Crippen LogP contribution < -0.4 is 16.6 Å². The van der Waals surface area contributed by atoms with Gasteiger partial charge in [-0.15, -0.1) is 5.10 Å². The summed E-state index contributed by atoms with van der Waals surface area (Å²) in [4.78, 5) is 12.2. The van der Waals surface area contributed by atoms with Crippen molar-refractivity contribution in [3.05, 3.63) is 44.8 Å². The number of halogens is 1. The summed E-state index contributed by atoms with van der Waals surface area (Å²) in [6, 6.07) is 3.23. The van der Waals surface area contributed by atoms with E-state index in [0.717, 1.165) is 5.56 Å². The summed E-state index contributed by atoms with van der Waals surface area (Å²) in [5.41, 5.74) is 7.91. The molecule has 0 saturated heterocycles. The second-order valence-electron chi connectivity index (χ2n) is 3.96. The van der Waals surface area contributed by atoms with Crippen molar-refractivity contribution >= 4 is 34.7 Å². The van der Waals surface area contributed by atoms with Crippen molar-refractivity contribution in [2.75, 3.05) is 0 Å². The number of nitrogens with zero attached hydrogens (tertiary/aromatic N) is 2. The molecule has 7 nitrogen and oxygen atoms in total. The Morgan fingerprint density at radius 3 is 3.00 bits per heavy atom. The van der Waals surface area contributed by atoms with Crippen LogP contribution in [0.25, 0.3) is 11.0 Å². The third kappa shape index (κ3) is 2.79. The molecule has 4 N–H and O–H groups in total. The average Bonchev–Trinajstić information content (AvgIpc) is 2.43. The summed E-state index contributed by atoms with van der Waals surface area (Å²) in [5, 5.41) is 16.2. The zero-order valence-electron chi connectivity index (χ0n) is 10.4. The Bertz CT molecular complexity index is 767. The first kappa shape index (κ1) is 14.0. The lowest BCUT2D eigenvalue weighted by atomic mass is 10.1. The zero-order chi connectivity index (χ0) is 14.7. The van der Waals surface area contributed by atoms with Crippen LogP contribution in [0.2, 0.25) is 5.02 Å². The summed E-state index contributed by atoms with van der Waals surface area (Å²) in [5.74, 6) is -0.301. The third-order valence-corrected chi connectivity index (χ3v) is 2.96. The number of rotatable bonds is 2. The van der Waals surface area contributed by atoms with Gasteiger partial charge < -0.3 is 10.2 Å². The molecule has 0 radical (unpaired) electrons. The van der Waals surface area contributed by atoms with E-state index in [1.165, 1.54) is 12.5 Å². The van der Waals surface area contributed by atoms with E-state index in [0.29, 0.717) is 16.0 Å². The van der Waals surface area contributed by atoms with E-state index in [1.807, 2.05) is 6.92 Å². The molecule has 0 amide bonds. The van der Waals surface area contributed by atoms with E-state index in [-0.39, 0.29) is 17.0 Å². The average molecular weight is 295 g/mol. The van der Waals surface area contributed by atoms with Gasteiger partial charge in [0.05, 0.1) is 17.2 Å². The molecule has 0 saturated carbocycles. The minimum Gasteiger partial charge on any atom is -0.463 e. The number of aryl methyl sites for hydroxylation is 1. The molecule has 0 spiro atoms. The monoisotopic (exact) mass is 294 g/mol. The molecule has 0 aliphatic heterocycles. The smallest absolute Gasteiger partial charge is 0.237 e. The molecule has 1 aromatic heterocycles. The fourth-order valence-corrected chi connectivity index (χ4v) is 1.69. The van der Waals surface area contributed by atoms with E-state index in [2.05, 4.69) is 10.2 Å². The van der Waals surface area contributed by atoms with Crippen LogP contribution in [-0.4, -0.2) is 17.4 Å². The molecule has 0 aliphatic rings. The number of hydrogen-bond acceptors (Lipinski definition) is 5. The molecular weight excluding hydrogens is 284 g/mol. The highest BCUT2D eigenvalue weighted by Crippen LogP contribution is 2.21. The van der Waals surface area contributed by atoms with Gasteiger partial charge in [0.1, 0.15) is 11.8 Å². The standard InChI is InChI=1S/C12H11ClN4O3/c1-6-2-10-8(3-9(6)13)11(18)7(5-20-10)4-15-16-12(14)17-19/h2-5,19H,1H3,(H3,14,16,17). The van der Waals surface area contributed by atoms with Crippen LogP contribution in [-0.2, 0) is 0 Å². The summed E-state index contributed by atoms with van der Waals surface area (Å²) < 4.78 is 5.35. The van der Waals surface area contributed by atoms with E-state index in [9.17, 15) is 4.79 Å². The molecule has 104 valence electrons. The Morgan fingerprint density at radius 2 is 2.30 bits per heavy atom. The maximum absolute atomic E-state index is 12.2. The Kier molecular flexibility index (Phi) is 4.02. The molecule has 2 aromatic rings. The fourth-order valence-electron chi connectivity index (χ4n) is 1.53. The van der Waals surface area contributed by atoms with Crippen LogP contribution in [0.4, 0.5) is 0 Å². The van der Waals surface area contributed by atoms with Gasteiger partial charge in [-0.3, -0.25) is 10.0 Å². The summed E-state index contributed by atoms with van der Waals surface area (Å²) in [6.45, 7) is 1.82. The fraction of sp³-hybridized carbons (Fsp3) is 0.0833. The molecule has 1 heterocycles. The Morgan fingerprint density at radius 1 is 1.55 bits per heavy atom. The van der Waals surface area contributed by atoms with Gasteiger partial charge >= 0.3 is 0 Å². The van der Waals surface area contributed by atoms with E-state index in [4.69, 9.17) is 27.0 Å². The summed E-state index contributed by atoms with van der Waals surface area (Å²) in [7, 11) is 0. The largest absolute Gasteiger partial charge is 0.463 e. The van der Waals surface area contributed by atoms with Gasteiger partial charge in [-0.25, -0.2) is 5.48 Å². The van der Waals surface area contributed by atoms with Crippen LogP contribution in [0.15, 0.2) is 37.8 Å². The number of nitrogens with one attached hydrogen (secondary N) is 1. The van der Waals surface area contributed by atoms with Gasteiger partial charge in [-0.2, -0.15) is 5.10 Å². The lowest BCUT2D eigenvalue weighted by Gasteiger charge is -2.01. The lowest BCUT2D eigenvalue weighted by molar-refractivity contribution is 0.232. The first-order valence-corrected chi connectivity index (χ1v) is 5.89. The highest BCUT2D eigenvalue weighted by Gasteiger charge is 2.08. The zero-order valence-corrected chi connectivity index (χ0v) is 11.2. The number of benzene rings is 1. The minimum absolute atomic E-state index is 0.187. The van der Waals surface area contributed by atoms with Gasteiger partial charge in [0, 0.05) is 5.02 Å². The van der Waals surface area contributed by atoms with E-state index in [1.54, 1.807) is 17.6 Å². The molecule has 20 heavy (non-hydrogen) atoms. The quantitative estimate of drug-likeness (QED) is 0.440. The number of guanidine groups is 1. The van der Waals surface area contributed by atoms with Crippen molar-refractivity contribution in [3.8, 4) is 0 Å². The van der Waals surface area contributed by atoms with Gasteiger partial charge in [-0.05, 0) is 24.6 Å². The SMILES string of the molecule is Cc1cc2occ(C=NN=C(N)NO)c(=O)c2cc1Cl. The molecule has 0 fully saturated rings. The van der Waals surface area contributed by atoms with Crippen LogP contribution >= 0.6 is 11.6 Å². The van der Waals surface area contributed by atoms with Crippen LogP contribution in [0, 0.1) is 6.92 Å². The van der Waals surface area contributed by atoms with Gasteiger partial charge in [0.15, 0.2) is 0 Å². The first-order valence-electron chi connectivity index (χ1n) is 5.51. The van der Waals surface area contributed by atoms with E-state index >= 15 is 0 Å². The Hall–Kier alpha value is -2.38. The topological polar surface area (TPSA) is 113 Å². The second kappa shape index (κ2) is 5.72. The number of nitrogens with two attached hydrogens (primary N) is 1. The van der Waals surface area contributed by atoms with Gasteiger partial charge in [-0.1, -0.05) is 11.6 Å². The van der Waals surface area contributed by atoms with Gasteiger partial charge in [0.25, 0.3) is 0 Å². The predicted octanol–water partition coefficient (Wildman–Crippen LogP) is 1.38. The normalized spacial score (nSPS) is 12.2. The lowest BCUT2D eigenvalue weighted by Crippen LogP contribution is -2.27. The minimum atomic E-state index is -0.301. The van der Waals surface area contributed by atoms with Crippen molar-refractivity contribution in [1.82, 2.24) is 5.48 Å². The predicted molar refractivity (Wildman–Crippen MR) is 76.4 cm³/mol. The molecule has 2 rings (SSSR count). The summed E-state index contributed by atoms with van der Waals surface area (Å²) in [6.07, 6.45) is 2.43. The third-order valence-electron chi connectivity index (χ3n) is 2.56. The second-order valence-corrected chi connectivity index (χ2v) is 4.37. The molecule has 0 unspecified atom stereocenters. The molecule has 0 aliphatic carbocycles. The maximum Gasteiger partial charge on any atom is 0.237 e. The van der Waals surface area contributed by atoms with Crippen molar-refractivity contribution in [3.63, 3.8) is 0 Å². The molecule has 8 heteroatoms. The van der Waals surface area contributed by atoms with Crippen molar-refractivity contribution in [2.24, 2.45) is 15.9 Å². The number of fused-ring (bicyclic) bond motifs is 1.